The van der Waals surface area contributed by atoms with Gasteiger partial charge in [0.25, 0.3) is 0 Å². The first-order chi connectivity index (χ1) is 27.0. The van der Waals surface area contributed by atoms with E-state index in [2.05, 4.69) is 166 Å². The molecule has 0 spiro atoms. The highest BCUT2D eigenvalue weighted by Crippen LogP contribution is 2.53. The third kappa shape index (κ3) is 5.17. The summed E-state index contributed by atoms with van der Waals surface area (Å²) in [6, 6.07) is 55.8. The van der Waals surface area contributed by atoms with Gasteiger partial charge in [0, 0.05) is 53.4 Å². The second-order valence-electron chi connectivity index (χ2n) is 14.6. The van der Waals surface area contributed by atoms with Gasteiger partial charge in [0.1, 0.15) is 5.01 Å². The third-order valence-electron chi connectivity index (χ3n) is 11.0. The molecule has 0 bridgehead atoms. The molecule has 0 saturated heterocycles. The van der Waals surface area contributed by atoms with Gasteiger partial charge in [-0.3, -0.25) is 0 Å². The Labute approximate surface area is 326 Å². The van der Waals surface area contributed by atoms with Crippen LogP contribution in [0.1, 0.15) is 25.0 Å². The summed E-state index contributed by atoms with van der Waals surface area (Å²) < 4.78 is 3.67. The number of benzene rings is 7. The molecule has 1 aliphatic rings. The minimum atomic E-state index is -0.222. The normalized spacial score (nSPS) is 13.1. The fourth-order valence-corrected chi connectivity index (χ4v) is 10.5. The predicted octanol–water partition coefficient (Wildman–Crippen LogP) is 13.5. The molecule has 10 aromatic rings. The number of fused-ring (bicyclic) bond motifs is 8. The lowest BCUT2D eigenvalue weighted by Gasteiger charge is -2.22. The van der Waals surface area contributed by atoms with Gasteiger partial charge in [-0.15, -0.1) is 22.7 Å². The van der Waals surface area contributed by atoms with Gasteiger partial charge in [0.05, 0.1) is 10.2 Å². The van der Waals surface area contributed by atoms with Crippen molar-refractivity contribution in [1.82, 2.24) is 19.9 Å². The molecule has 260 valence electrons. The van der Waals surface area contributed by atoms with Crippen molar-refractivity contribution in [3.63, 3.8) is 0 Å². The number of aromatic nitrogens is 4. The van der Waals surface area contributed by atoms with Gasteiger partial charge in [-0.25, -0.2) is 19.9 Å². The van der Waals surface area contributed by atoms with Crippen molar-refractivity contribution in [3.05, 3.63) is 169 Å². The van der Waals surface area contributed by atoms with E-state index in [9.17, 15) is 0 Å². The van der Waals surface area contributed by atoms with Gasteiger partial charge in [-0.1, -0.05) is 147 Å². The Kier molecular flexibility index (Phi) is 7.21. The topological polar surface area (TPSA) is 51.6 Å². The standard InChI is InChI=1S/C49H32N4S2/c1-49(2)38-26-27-40-44(55-48(50-40)32-14-7-4-8-15-32)42(38)36-25-24-33(28-39(36)49)46-51-45(31-22-20-30(21-23-31)29-12-5-3-6-13-29)52-47(53-46)37-18-11-17-35-34-16-9-10-19-41(34)54-43(35)37/h3-28H,1-2H3. The Hall–Kier alpha value is -6.34. The zero-order valence-electron chi connectivity index (χ0n) is 30.1. The van der Waals surface area contributed by atoms with Gasteiger partial charge in [0.2, 0.25) is 0 Å². The maximum absolute atomic E-state index is 5.27. The number of thiazole rings is 1. The van der Waals surface area contributed by atoms with E-state index in [-0.39, 0.29) is 5.41 Å². The number of hydrogen-bond donors (Lipinski definition) is 0. The van der Waals surface area contributed by atoms with E-state index in [1.54, 1.807) is 22.7 Å². The highest BCUT2D eigenvalue weighted by molar-refractivity contribution is 7.26. The minimum Gasteiger partial charge on any atom is -0.236 e. The molecule has 0 radical (unpaired) electrons. The highest BCUT2D eigenvalue weighted by atomic mass is 32.1. The smallest absolute Gasteiger partial charge is 0.165 e. The average molecular weight is 741 g/mol. The SMILES string of the molecule is CC1(C)c2cc(-c3nc(-c4ccc(-c5ccccc5)cc4)nc(-c4cccc5c4sc4ccccc45)n3)ccc2-c2c1ccc1nc(-c3ccccc3)sc21. The summed E-state index contributed by atoms with van der Waals surface area (Å²) in [6.45, 7) is 4.65. The lowest BCUT2D eigenvalue weighted by molar-refractivity contribution is 0.661. The molecule has 0 unspecified atom stereocenters. The quantitative estimate of drug-likeness (QED) is 0.176. The summed E-state index contributed by atoms with van der Waals surface area (Å²) in [5, 5.41) is 3.51. The van der Waals surface area contributed by atoms with Crippen LogP contribution in [0.25, 0.3) is 97.4 Å². The summed E-state index contributed by atoms with van der Waals surface area (Å²) in [4.78, 5) is 20.7. The molecule has 0 N–H and O–H groups in total. The van der Waals surface area contributed by atoms with Crippen LogP contribution in [0.15, 0.2) is 158 Å². The highest BCUT2D eigenvalue weighted by Gasteiger charge is 2.37. The number of nitrogens with zero attached hydrogens (tertiary/aromatic N) is 4. The lowest BCUT2D eigenvalue weighted by atomic mass is 9.82. The zero-order valence-corrected chi connectivity index (χ0v) is 31.7. The second kappa shape index (κ2) is 12.4. The molecule has 1 aliphatic carbocycles. The summed E-state index contributed by atoms with van der Waals surface area (Å²) >= 11 is 3.57. The third-order valence-corrected chi connectivity index (χ3v) is 13.4. The van der Waals surface area contributed by atoms with E-state index in [0.29, 0.717) is 17.5 Å². The van der Waals surface area contributed by atoms with E-state index in [1.165, 1.54) is 52.7 Å². The molecule has 11 rings (SSSR count). The van der Waals surface area contributed by atoms with E-state index in [4.69, 9.17) is 19.9 Å². The van der Waals surface area contributed by atoms with E-state index >= 15 is 0 Å². The molecule has 0 aliphatic heterocycles. The maximum atomic E-state index is 5.27. The largest absolute Gasteiger partial charge is 0.236 e. The Bertz CT molecular complexity index is 3110. The van der Waals surface area contributed by atoms with Crippen LogP contribution in [0.2, 0.25) is 0 Å². The van der Waals surface area contributed by atoms with Crippen LogP contribution < -0.4 is 0 Å². The molecule has 4 nitrogen and oxygen atoms in total. The fraction of sp³-hybridized carbons (Fsp3) is 0.0612. The molecule has 6 heteroatoms. The van der Waals surface area contributed by atoms with Crippen LogP contribution in [0.3, 0.4) is 0 Å². The lowest BCUT2D eigenvalue weighted by Crippen LogP contribution is -2.15. The van der Waals surface area contributed by atoms with Crippen molar-refractivity contribution in [2.24, 2.45) is 0 Å². The molecule has 7 aromatic carbocycles. The van der Waals surface area contributed by atoms with Crippen molar-refractivity contribution in [3.8, 4) is 67.0 Å². The fourth-order valence-electron chi connectivity index (χ4n) is 8.17. The van der Waals surface area contributed by atoms with Gasteiger partial charge in [-0.05, 0) is 52.1 Å². The zero-order chi connectivity index (χ0) is 36.7. The van der Waals surface area contributed by atoms with E-state index < -0.39 is 0 Å². The molecule has 0 fully saturated rings. The average Bonchev–Trinajstić information content (AvgIpc) is 3.92. The summed E-state index contributed by atoms with van der Waals surface area (Å²) in [7, 11) is 0. The van der Waals surface area contributed by atoms with Crippen LogP contribution in [0.4, 0.5) is 0 Å². The second-order valence-corrected chi connectivity index (χ2v) is 16.7. The van der Waals surface area contributed by atoms with Crippen LogP contribution in [-0.2, 0) is 5.41 Å². The van der Waals surface area contributed by atoms with Gasteiger partial charge >= 0.3 is 0 Å². The van der Waals surface area contributed by atoms with Crippen molar-refractivity contribution in [2.45, 2.75) is 19.3 Å². The molecule has 3 heterocycles. The molecular weight excluding hydrogens is 709 g/mol. The van der Waals surface area contributed by atoms with Crippen LogP contribution >= 0.6 is 22.7 Å². The van der Waals surface area contributed by atoms with Gasteiger partial charge in [0.15, 0.2) is 17.5 Å². The van der Waals surface area contributed by atoms with Crippen LogP contribution in [0, 0.1) is 0 Å². The van der Waals surface area contributed by atoms with Crippen molar-refractivity contribution in [2.75, 3.05) is 0 Å². The van der Waals surface area contributed by atoms with Crippen molar-refractivity contribution in [1.29, 1.82) is 0 Å². The van der Waals surface area contributed by atoms with E-state index in [0.717, 1.165) is 38.3 Å². The van der Waals surface area contributed by atoms with Crippen molar-refractivity contribution >= 4 is 53.1 Å². The molecule has 0 atom stereocenters. The molecular formula is C49H32N4S2. The predicted molar refractivity (Wildman–Crippen MR) is 231 cm³/mol. The Balaban J connectivity index is 1.08. The number of hydrogen-bond acceptors (Lipinski definition) is 6. The first-order valence-corrected chi connectivity index (χ1v) is 20.1. The first-order valence-electron chi connectivity index (χ1n) is 18.5. The molecule has 55 heavy (non-hydrogen) atoms. The first kappa shape index (κ1) is 32.1. The summed E-state index contributed by atoms with van der Waals surface area (Å²) in [5.41, 5.74) is 12.4. The van der Waals surface area contributed by atoms with Crippen LogP contribution in [0.5, 0.6) is 0 Å². The minimum absolute atomic E-state index is 0.222. The molecule has 3 aromatic heterocycles. The Morgan fingerprint density at radius 3 is 1.85 bits per heavy atom. The van der Waals surface area contributed by atoms with Crippen molar-refractivity contribution < 1.29 is 0 Å². The molecule has 0 amide bonds. The monoisotopic (exact) mass is 740 g/mol. The van der Waals surface area contributed by atoms with Gasteiger partial charge in [-0.2, -0.15) is 0 Å². The van der Waals surface area contributed by atoms with E-state index in [1.807, 2.05) is 6.07 Å². The van der Waals surface area contributed by atoms with Crippen LogP contribution in [-0.4, -0.2) is 19.9 Å². The van der Waals surface area contributed by atoms with Gasteiger partial charge < -0.3 is 0 Å². The maximum Gasteiger partial charge on any atom is 0.165 e. The number of thiophene rings is 1. The Morgan fingerprint density at radius 2 is 1.05 bits per heavy atom. The number of rotatable bonds is 5. The summed E-state index contributed by atoms with van der Waals surface area (Å²) in [5.74, 6) is 1.99. The summed E-state index contributed by atoms with van der Waals surface area (Å²) in [6.07, 6.45) is 0. The molecule has 0 saturated carbocycles. The Morgan fingerprint density at radius 1 is 0.418 bits per heavy atom.